The van der Waals surface area contributed by atoms with E-state index in [4.69, 9.17) is 0 Å². The van der Waals surface area contributed by atoms with Crippen LogP contribution in [0.4, 0.5) is 8.78 Å². The summed E-state index contributed by atoms with van der Waals surface area (Å²) in [5.41, 5.74) is 2.49. The third-order valence-electron chi connectivity index (χ3n) is 4.13. The van der Waals surface area contributed by atoms with Crippen molar-refractivity contribution in [2.75, 3.05) is 7.05 Å². The predicted octanol–water partition coefficient (Wildman–Crippen LogP) is 3.69. The van der Waals surface area contributed by atoms with Crippen molar-refractivity contribution in [2.24, 2.45) is 4.99 Å². The molecule has 1 aromatic heterocycles. The van der Waals surface area contributed by atoms with Crippen molar-refractivity contribution in [3.63, 3.8) is 0 Å². The van der Waals surface area contributed by atoms with Gasteiger partial charge in [0.05, 0.1) is 6.54 Å². The molecule has 5 nitrogen and oxygen atoms in total. The van der Waals surface area contributed by atoms with Crippen molar-refractivity contribution in [3.8, 4) is 0 Å². The summed E-state index contributed by atoms with van der Waals surface area (Å²) in [4.78, 5) is 4.14. The van der Waals surface area contributed by atoms with E-state index in [9.17, 15) is 8.78 Å². The van der Waals surface area contributed by atoms with Crippen LogP contribution in [0.1, 0.15) is 16.7 Å². The number of benzene rings is 2. The molecule has 0 aliphatic rings. The van der Waals surface area contributed by atoms with Crippen molar-refractivity contribution in [1.82, 2.24) is 20.4 Å². The number of nitrogens with zero attached hydrogens (tertiary/aromatic N) is 3. The van der Waals surface area contributed by atoms with Crippen LogP contribution in [0.2, 0.25) is 0 Å². The molecule has 0 saturated carbocycles. The van der Waals surface area contributed by atoms with E-state index in [0.717, 1.165) is 23.3 Å². The Bertz CT molecular complexity index is 913. The van der Waals surface area contributed by atoms with Crippen LogP contribution in [0.15, 0.2) is 65.9 Å². The molecule has 0 fully saturated rings. The quantitative estimate of drug-likeness (QED) is 0.311. The zero-order valence-corrected chi connectivity index (χ0v) is 17.7. The van der Waals surface area contributed by atoms with Gasteiger partial charge in [0.1, 0.15) is 11.6 Å². The first-order chi connectivity index (χ1) is 13.2. The second kappa shape index (κ2) is 10.7. The molecule has 3 rings (SSSR count). The first-order valence-corrected chi connectivity index (χ1v) is 8.58. The Morgan fingerprint density at radius 3 is 2.39 bits per heavy atom. The number of aromatic nitrogens is 2. The number of guanidine groups is 1. The van der Waals surface area contributed by atoms with E-state index >= 15 is 0 Å². The maximum Gasteiger partial charge on any atom is 0.191 e. The lowest BCUT2D eigenvalue weighted by atomic mass is 10.1. The average molecular weight is 497 g/mol. The first kappa shape index (κ1) is 21.8. The van der Waals surface area contributed by atoms with Gasteiger partial charge in [-0.05, 0) is 35.4 Å². The van der Waals surface area contributed by atoms with Gasteiger partial charge < -0.3 is 10.6 Å². The number of nitrogens with one attached hydrogen (secondary N) is 2. The van der Waals surface area contributed by atoms with E-state index in [0.29, 0.717) is 19.0 Å². The Morgan fingerprint density at radius 1 is 1.00 bits per heavy atom. The van der Waals surface area contributed by atoms with Gasteiger partial charge in [0, 0.05) is 38.1 Å². The number of rotatable bonds is 6. The Kier molecular flexibility index (Phi) is 8.37. The summed E-state index contributed by atoms with van der Waals surface area (Å²) in [7, 11) is 1.63. The number of halogens is 3. The van der Waals surface area contributed by atoms with Gasteiger partial charge in [-0.3, -0.25) is 9.67 Å². The van der Waals surface area contributed by atoms with E-state index in [2.05, 4.69) is 26.8 Å². The Labute approximate surface area is 179 Å². The van der Waals surface area contributed by atoms with E-state index in [1.807, 2.05) is 35.1 Å². The topological polar surface area (TPSA) is 54.2 Å². The first-order valence-electron chi connectivity index (χ1n) is 8.58. The third-order valence-corrected chi connectivity index (χ3v) is 4.13. The molecule has 0 atom stereocenters. The predicted molar refractivity (Wildman–Crippen MR) is 117 cm³/mol. The van der Waals surface area contributed by atoms with Gasteiger partial charge in [-0.15, -0.1) is 24.0 Å². The van der Waals surface area contributed by atoms with Crippen LogP contribution in [0.3, 0.4) is 0 Å². The van der Waals surface area contributed by atoms with Crippen molar-refractivity contribution in [3.05, 3.63) is 89.2 Å². The van der Waals surface area contributed by atoms with E-state index in [1.54, 1.807) is 13.2 Å². The molecule has 0 saturated heterocycles. The minimum Gasteiger partial charge on any atom is -0.352 e. The van der Waals surface area contributed by atoms with Gasteiger partial charge in [-0.25, -0.2) is 8.78 Å². The molecule has 0 spiro atoms. The highest BCUT2D eigenvalue weighted by Crippen LogP contribution is 2.11. The fourth-order valence-corrected chi connectivity index (χ4v) is 2.71. The minimum absolute atomic E-state index is 0. The van der Waals surface area contributed by atoms with E-state index in [-0.39, 0.29) is 36.1 Å². The molecule has 1 heterocycles. The Morgan fingerprint density at radius 2 is 1.71 bits per heavy atom. The largest absolute Gasteiger partial charge is 0.352 e. The maximum absolute atomic E-state index is 13.7. The lowest BCUT2D eigenvalue weighted by molar-refractivity contribution is 0.581. The highest BCUT2D eigenvalue weighted by atomic mass is 127. The van der Waals surface area contributed by atoms with E-state index < -0.39 is 11.6 Å². The standard InChI is InChI=1S/C20H21F2N5.HI/c1-23-20(25-13-17-11-18(21)7-8-19(17)22)24-12-15-5-2-3-6-16(15)14-27-10-4-9-26-27;/h2-11H,12-14H2,1H3,(H2,23,24,25);1H. The summed E-state index contributed by atoms with van der Waals surface area (Å²) in [5, 5.41) is 10.4. The number of hydrogen-bond acceptors (Lipinski definition) is 2. The summed E-state index contributed by atoms with van der Waals surface area (Å²) in [6, 6.07) is 13.3. The number of aliphatic imine (C=N–C) groups is 1. The molecule has 8 heteroatoms. The maximum atomic E-state index is 13.7. The molecule has 28 heavy (non-hydrogen) atoms. The van der Waals surface area contributed by atoms with Crippen molar-refractivity contribution < 1.29 is 8.78 Å². The van der Waals surface area contributed by atoms with E-state index in [1.165, 1.54) is 6.07 Å². The van der Waals surface area contributed by atoms with Crippen LogP contribution in [-0.2, 0) is 19.6 Å². The van der Waals surface area contributed by atoms with Crippen molar-refractivity contribution in [1.29, 1.82) is 0 Å². The second-order valence-electron chi connectivity index (χ2n) is 5.99. The highest BCUT2D eigenvalue weighted by molar-refractivity contribution is 14.0. The summed E-state index contributed by atoms with van der Waals surface area (Å²) in [6.45, 7) is 1.35. The fraction of sp³-hybridized carbons (Fsp3) is 0.200. The van der Waals surface area contributed by atoms with Crippen molar-refractivity contribution in [2.45, 2.75) is 19.6 Å². The average Bonchev–Trinajstić information content (AvgIpc) is 3.18. The van der Waals surface area contributed by atoms with Gasteiger partial charge in [0.15, 0.2) is 5.96 Å². The van der Waals surface area contributed by atoms with Crippen LogP contribution < -0.4 is 10.6 Å². The van der Waals surface area contributed by atoms with Crippen LogP contribution in [-0.4, -0.2) is 22.8 Å². The molecule has 3 aromatic rings. The molecule has 0 bridgehead atoms. The van der Waals surface area contributed by atoms with Crippen LogP contribution in [0, 0.1) is 11.6 Å². The highest BCUT2D eigenvalue weighted by Gasteiger charge is 2.07. The minimum atomic E-state index is -0.469. The summed E-state index contributed by atoms with van der Waals surface area (Å²) < 4.78 is 28.9. The fourth-order valence-electron chi connectivity index (χ4n) is 2.71. The summed E-state index contributed by atoms with van der Waals surface area (Å²) >= 11 is 0. The molecule has 0 amide bonds. The summed E-state index contributed by atoms with van der Waals surface area (Å²) in [5.74, 6) is -0.417. The van der Waals surface area contributed by atoms with Crippen LogP contribution >= 0.6 is 24.0 Å². The Hall–Kier alpha value is -2.49. The third kappa shape index (κ3) is 6.01. The molecule has 0 unspecified atom stereocenters. The van der Waals surface area contributed by atoms with Crippen molar-refractivity contribution >= 4 is 29.9 Å². The molecule has 148 valence electrons. The molecule has 2 aromatic carbocycles. The van der Waals surface area contributed by atoms with Crippen LogP contribution in [0.5, 0.6) is 0 Å². The number of hydrogen-bond donors (Lipinski definition) is 2. The van der Waals surface area contributed by atoms with Gasteiger partial charge >= 0.3 is 0 Å². The van der Waals surface area contributed by atoms with Gasteiger partial charge in [-0.1, -0.05) is 24.3 Å². The molecular weight excluding hydrogens is 475 g/mol. The monoisotopic (exact) mass is 497 g/mol. The zero-order valence-electron chi connectivity index (χ0n) is 15.4. The molecule has 0 aliphatic carbocycles. The van der Waals surface area contributed by atoms with Gasteiger partial charge in [0.25, 0.3) is 0 Å². The van der Waals surface area contributed by atoms with Gasteiger partial charge in [-0.2, -0.15) is 5.10 Å². The zero-order chi connectivity index (χ0) is 19.1. The second-order valence-corrected chi connectivity index (χ2v) is 5.99. The normalized spacial score (nSPS) is 11.0. The lowest BCUT2D eigenvalue weighted by Gasteiger charge is -2.15. The van der Waals surface area contributed by atoms with Gasteiger partial charge in [0.2, 0.25) is 0 Å². The SMILES string of the molecule is CN=C(NCc1cc(F)ccc1F)NCc1ccccc1Cn1cccn1.I. The molecule has 0 radical (unpaired) electrons. The molecule has 2 N–H and O–H groups in total. The summed E-state index contributed by atoms with van der Waals surface area (Å²) in [6.07, 6.45) is 3.66. The molecule has 0 aliphatic heterocycles. The molecular formula is C20H22F2IN5. The van der Waals surface area contributed by atoms with Crippen LogP contribution in [0.25, 0.3) is 0 Å². The Balaban J connectivity index is 0.00000280. The smallest absolute Gasteiger partial charge is 0.191 e. The lowest BCUT2D eigenvalue weighted by Crippen LogP contribution is -2.36.